The molecule has 4 aromatic carbocycles. The Hall–Kier alpha value is -7.05. The molecule has 1 unspecified atom stereocenters. The number of carbonyl (C=O) groups excluding carboxylic acids is 2. The van der Waals surface area contributed by atoms with E-state index in [4.69, 9.17) is 0 Å². The highest BCUT2D eigenvalue weighted by molar-refractivity contribution is 5.93. The van der Waals surface area contributed by atoms with Gasteiger partial charge < -0.3 is 15.7 Å². The molecule has 0 aliphatic heterocycles. The van der Waals surface area contributed by atoms with Gasteiger partial charge in [-0.2, -0.15) is 10.2 Å². The smallest absolute Gasteiger partial charge is 0.228 e. The first-order chi connectivity index (χ1) is 28.3. The number of hydrogen-bond donors (Lipinski definition) is 3. The predicted octanol–water partition coefficient (Wildman–Crippen LogP) is 8.15. The van der Waals surface area contributed by atoms with Gasteiger partial charge in [0.15, 0.2) is 11.3 Å². The summed E-state index contributed by atoms with van der Waals surface area (Å²) in [5.74, 6) is -0.126. The number of nitrogens with one attached hydrogen (secondary N) is 2. The molecule has 0 saturated heterocycles. The minimum absolute atomic E-state index is 0.0740. The predicted molar refractivity (Wildman–Crippen MR) is 220 cm³/mol. The Bertz CT molecular complexity index is 2780. The van der Waals surface area contributed by atoms with E-state index in [1.165, 1.54) is 18.7 Å². The molecule has 3 N–H and O–H groups in total. The highest BCUT2D eigenvalue weighted by atomic mass is 19.1. The SMILES string of the molecule is O=C(Cc1ccc(-c2ccn3ncnc3c2)cc1)Nc1ccc(C2CC2)c(F)c1.O=C(Cc1ccc(-c2ccn3ncnc3c2)cc1)Nc1ccc2c(c1)C(O)CC2. The monoisotopic (exact) mass is 770 g/mol. The molecule has 1 fully saturated rings. The molecule has 0 spiro atoms. The van der Waals surface area contributed by atoms with Crippen molar-refractivity contribution in [3.8, 4) is 22.3 Å². The maximum Gasteiger partial charge on any atom is 0.228 e. The number of carbonyl (C=O) groups is 2. The van der Waals surface area contributed by atoms with Crippen molar-refractivity contribution in [3.05, 3.63) is 168 Å². The number of nitrogens with zero attached hydrogens (tertiary/aromatic N) is 6. The van der Waals surface area contributed by atoms with Gasteiger partial charge in [0.05, 0.1) is 18.9 Å². The van der Waals surface area contributed by atoms with E-state index in [1.807, 2.05) is 103 Å². The first kappa shape index (κ1) is 36.6. The zero-order valence-electron chi connectivity index (χ0n) is 31.4. The van der Waals surface area contributed by atoms with Crippen LogP contribution in [0.2, 0.25) is 0 Å². The minimum atomic E-state index is -0.425. The number of aromatic nitrogens is 6. The average Bonchev–Trinajstić information content (AvgIpc) is 3.57. The highest BCUT2D eigenvalue weighted by Crippen LogP contribution is 2.41. The third kappa shape index (κ3) is 8.23. The van der Waals surface area contributed by atoms with Crippen molar-refractivity contribution in [1.29, 1.82) is 0 Å². The number of aliphatic hydroxyl groups is 1. The van der Waals surface area contributed by atoms with E-state index in [1.54, 1.807) is 21.2 Å². The molecule has 4 heterocycles. The zero-order chi connectivity index (χ0) is 39.6. The summed E-state index contributed by atoms with van der Waals surface area (Å²) in [5.41, 5.74) is 11.7. The van der Waals surface area contributed by atoms with Crippen LogP contribution in [0.1, 0.15) is 59.1 Å². The van der Waals surface area contributed by atoms with Gasteiger partial charge >= 0.3 is 0 Å². The van der Waals surface area contributed by atoms with Crippen LogP contribution in [0.5, 0.6) is 0 Å². The lowest BCUT2D eigenvalue weighted by Crippen LogP contribution is -2.14. The molecule has 10 rings (SSSR count). The highest BCUT2D eigenvalue weighted by Gasteiger charge is 2.26. The molecule has 288 valence electrons. The van der Waals surface area contributed by atoms with Gasteiger partial charge in [-0.25, -0.2) is 23.4 Å². The first-order valence-corrected chi connectivity index (χ1v) is 19.3. The van der Waals surface area contributed by atoms with Crippen molar-refractivity contribution in [2.75, 3.05) is 10.6 Å². The average molecular weight is 771 g/mol. The zero-order valence-corrected chi connectivity index (χ0v) is 31.4. The van der Waals surface area contributed by atoms with Crippen LogP contribution in [-0.2, 0) is 28.9 Å². The quantitative estimate of drug-likeness (QED) is 0.135. The van der Waals surface area contributed by atoms with Gasteiger partial charge in [0.1, 0.15) is 18.5 Å². The molecule has 4 aromatic heterocycles. The standard InChI is InChI=1S/C23H19FN4O.C23H20N4O2/c24-21-13-19(7-8-20(21)17-5-6-17)27-23(29)11-15-1-3-16(4-2-15)18-9-10-28-22(12-18)25-14-26-28;28-21-8-6-17-5-7-19(13-20(17)21)26-23(29)11-15-1-3-16(4-2-15)18-9-10-27-22(12-18)24-14-25-27/h1-4,7-10,12-14,17H,5-6,11H2,(H,27,29);1-5,7,9-10,12-14,21,28H,6,8,11H2,(H,26,29). The summed E-state index contributed by atoms with van der Waals surface area (Å²) in [6.45, 7) is 0. The third-order valence-electron chi connectivity index (χ3n) is 10.6. The number of fused-ring (bicyclic) bond motifs is 3. The van der Waals surface area contributed by atoms with Crippen molar-refractivity contribution in [2.24, 2.45) is 0 Å². The minimum Gasteiger partial charge on any atom is -0.388 e. The van der Waals surface area contributed by atoms with E-state index in [0.29, 0.717) is 18.0 Å². The van der Waals surface area contributed by atoms with E-state index < -0.39 is 6.10 Å². The number of pyridine rings is 2. The molecule has 2 aliphatic rings. The van der Waals surface area contributed by atoms with Gasteiger partial charge in [-0.15, -0.1) is 0 Å². The van der Waals surface area contributed by atoms with Gasteiger partial charge in [-0.05, 0) is 130 Å². The number of benzene rings is 4. The molecule has 0 bridgehead atoms. The second-order valence-corrected chi connectivity index (χ2v) is 14.8. The van der Waals surface area contributed by atoms with Gasteiger partial charge in [-0.1, -0.05) is 60.7 Å². The van der Waals surface area contributed by atoms with Crippen LogP contribution in [-0.4, -0.2) is 46.1 Å². The van der Waals surface area contributed by atoms with Crippen LogP contribution in [0.4, 0.5) is 15.8 Å². The first-order valence-electron chi connectivity index (χ1n) is 19.3. The number of halogens is 1. The molecule has 2 aliphatic carbocycles. The third-order valence-corrected chi connectivity index (χ3v) is 10.6. The fourth-order valence-electron chi connectivity index (χ4n) is 7.39. The van der Waals surface area contributed by atoms with Crippen molar-refractivity contribution >= 4 is 34.5 Å². The fraction of sp³-hybridized carbons (Fsp3) is 0.174. The summed E-state index contributed by atoms with van der Waals surface area (Å²) >= 11 is 0. The van der Waals surface area contributed by atoms with Gasteiger partial charge in [0.25, 0.3) is 0 Å². The summed E-state index contributed by atoms with van der Waals surface area (Å²) < 4.78 is 17.6. The van der Waals surface area contributed by atoms with Crippen LogP contribution in [0, 0.1) is 5.82 Å². The Balaban J connectivity index is 0.000000150. The Morgan fingerprint density at radius 2 is 1.16 bits per heavy atom. The van der Waals surface area contributed by atoms with Crippen LogP contribution in [0.3, 0.4) is 0 Å². The van der Waals surface area contributed by atoms with Crippen LogP contribution in [0.25, 0.3) is 33.5 Å². The van der Waals surface area contributed by atoms with E-state index in [9.17, 15) is 19.1 Å². The molecular formula is C46H39FN8O3. The molecular weight excluding hydrogens is 732 g/mol. The fourth-order valence-corrected chi connectivity index (χ4v) is 7.39. The molecule has 58 heavy (non-hydrogen) atoms. The molecule has 1 atom stereocenters. The summed E-state index contributed by atoms with van der Waals surface area (Å²) in [7, 11) is 0. The number of anilines is 2. The lowest BCUT2D eigenvalue weighted by atomic mass is 10.0. The van der Waals surface area contributed by atoms with Crippen molar-refractivity contribution in [2.45, 2.75) is 50.5 Å². The number of aliphatic hydroxyl groups excluding tert-OH is 1. The Kier molecular flexibility index (Phi) is 9.98. The number of hydrogen-bond acceptors (Lipinski definition) is 7. The van der Waals surface area contributed by atoms with Gasteiger partial charge in [-0.3, -0.25) is 9.59 Å². The van der Waals surface area contributed by atoms with Crippen molar-refractivity contribution in [3.63, 3.8) is 0 Å². The van der Waals surface area contributed by atoms with Crippen LogP contribution >= 0.6 is 0 Å². The van der Waals surface area contributed by atoms with Gasteiger partial charge in [0, 0.05) is 23.8 Å². The van der Waals surface area contributed by atoms with Crippen molar-refractivity contribution in [1.82, 2.24) is 29.2 Å². The second kappa shape index (κ2) is 15.8. The second-order valence-electron chi connectivity index (χ2n) is 14.8. The molecule has 8 aromatic rings. The topological polar surface area (TPSA) is 139 Å². The van der Waals surface area contributed by atoms with E-state index in [-0.39, 0.29) is 24.1 Å². The molecule has 11 nitrogen and oxygen atoms in total. The lowest BCUT2D eigenvalue weighted by molar-refractivity contribution is -0.116. The Morgan fingerprint density at radius 3 is 1.69 bits per heavy atom. The normalized spacial score (nSPS) is 14.5. The van der Waals surface area contributed by atoms with Crippen molar-refractivity contribution < 1.29 is 19.1 Å². The summed E-state index contributed by atoms with van der Waals surface area (Å²) in [5, 5.41) is 23.9. The lowest BCUT2D eigenvalue weighted by Gasteiger charge is -2.10. The maximum absolute atomic E-state index is 14.1. The maximum atomic E-state index is 14.1. The number of amides is 2. The molecule has 1 saturated carbocycles. The Labute approximate surface area is 333 Å². The summed E-state index contributed by atoms with van der Waals surface area (Å²) in [6, 6.07) is 34.4. The summed E-state index contributed by atoms with van der Waals surface area (Å²) in [4.78, 5) is 33.2. The van der Waals surface area contributed by atoms with E-state index in [2.05, 4.69) is 30.8 Å². The van der Waals surface area contributed by atoms with Crippen LogP contribution in [0.15, 0.2) is 134 Å². The molecule has 12 heteroatoms. The van der Waals surface area contributed by atoms with E-state index in [0.717, 1.165) is 92.7 Å². The largest absolute Gasteiger partial charge is 0.388 e. The van der Waals surface area contributed by atoms with Crippen LogP contribution < -0.4 is 10.6 Å². The summed E-state index contributed by atoms with van der Waals surface area (Å²) in [6.07, 6.45) is 10.6. The van der Waals surface area contributed by atoms with E-state index >= 15 is 0 Å². The number of aryl methyl sites for hydroxylation is 1. The molecule has 0 radical (unpaired) electrons. The molecule has 2 amide bonds. The Morgan fingerprint density at radius 1 is 0.621 bits per heavy atom. The number of rotatable bonds is 9. The van der Waals surface area contributed by atoms with Gasteiger partial charge in [0.2, 0.25) is 11.8 Å².